The second-order valence-electron chi connectivity index (χ2n) is 6.84. The van der Waals surface area contributed by atoms with E-state index < -0.39 is 5.91 Å². The topological polar surface area (TPSA) is 98.8 Å². The lowest BCUT2D eigenvalue weighted by atomic mass is 10.1. The van der Waals surface area contributed by atoms with Crippen molar-refractivity contribution in [2.75, 3.05) is 21.3 Å². The van der Waals surface area contributed by atoms with Gasteiger partial charge in [0.25, 0.3) is 5.91 Å². The Balaban J connectivity index is 1.58. The number of hydrazine groups is 1. The standard InChI is InChI=1S/C23H25N3O5S/c1-14-21(32-23(24-14)16-8-6-5-7-9-16)22(28)26-25-19(27)11-10-15-12-17(29-2)20(31-4)18(13-15)30-3/h5-9,12-13H,10-11H2,1-4H3,(H,25,27)(H,26,28). The van der Waals surface area contributed by atoms with Crippen molar-refractivity contribution in [2.45, 2.75) is 19.8 Å². The monoisotopic (exact) mass is 455 g/mol. The van der Waals surface area contributed by atoms with E-state index in [1.54, 1.807) is 19.1 Å². The maximum atomic E-state index is 12.5. The lowest BCUT2D eigenvalue weighted by Crippen LogP contribution is -2.41. The van der Waals surface area contributed by atoms with Crippen LogP contribution >= 0.6 is 11.3 Å². The van der Waals surface area contributed by atoms with E-state index in [1.165, 1.54) is 32.7 Å². The maximum Gasteiger partial charge on any atom is 0.281 e. The van der Waals surface area contributed by atoms with E-state index in [-0.39, 0.29) is 12.3 Å². The zero-order valence-electron chi connectivity index (χ0n) is 18.4. The summed E-state index contributed by atoms with van der Waals surface area (Å²) in [5.41, 5.74) is 7.31. The predicted octanol–water partition coefficient (Wildman–Crippen LogP) is 3.54. The molecule has 0 fully saturated rings. The third kappa shape index (κ3) is 5.36. The number of carbonyl (C=O) groups excluding carboxylic acids is 2. The van der Waals surface area contributed by atoms with E-state index in [0.717, 1.165) is 16.1 Å². The third-order valence-corrected chi connectivity index (χ3v) is 5.91. The average molecular weight is 456 g/mol. The van der Waals surface area contributed by atoms with Crippen LogP contribution in [-0.4, -0.2) is 38.1 Å². The maximum absolute atomic E-state index is 12.5. The van der Waals surface area contributed by atoms with Gasteiger partial charge in [0.1, 0.15) is 9.88 Å². The Kier molecular flexibility index (Phi) is 7.67. The fraction of sp³-hybridized carbons (Fsp3) is 0.261. The Hall–Kier alpha value is -3.59. The van der Waals surface area contributed by atoms with Gasteiger partial charge in [0.2, 0.25) is 11.7 Å². The van der Waals surface area contributed by atoms with Crippen LogP contribution in [0.2, 0.25) is 0 Å². The summed E-state index contributed by atoms with van der Waals surface area (Å²) in [6.07, 6.45) is 0.589. The number of nitrogens with one attached hydrogen (secondary N) is 2. The van der Waals surface area contributed by atoms with Crippen molar-refractivity contribution in [1.29, 1.82) is 0 Å². The smallest absolute Gasteiger partial charge is 0.281 e. The molecule has 2 amide bonds. The van der Waals surface area contributed by atoms with Crippen LogP contribution in [0.5, 0.6) is 17.2 Å². The first-order valence-corrected chi connectivity index (χ1v) is 10.7. The van der Waals surface area contributed by atoms with Crippen LogP contribution < -0.4 is 25.1 Å². The molecule has 0 spiro atoms. The van der Waals surface area contributed by atoms with Crippen molar-refractivity contribution >= 4 is 23.2 Å². The number of carbonyl (C=O) groups is 2. The van der Waals surface area contributed by atoms with Gasteiger partial charge in [0.05, 0.1) is 27.0 Å². The highest BCUT2D eigenvalue weighted by molar-refractivity contribution is 7.17. The highest BCUT2D eigenvalue weighted by Crippen LogP contribution is 2.38. The summed E-state index contributed by atoms with van der Waals surface area (Å²) < 4.78 is 16.0. The summed E-state index contributed by atoms with van der Waals surface area (Å²) in [5, 5.41) is 0.752. The first-order valence-electron chi connectivity index (χ1n) is 9.87. The highest BCUT2D eigenvalue weighted by Gasteiger charge is 2.17. The summed E-state index contributed by atoms with van der Waals surface area (Å²) in [6, 6.07) is 13.2. The van der Waals surface area contributed by atoms with Gasteiger partial charge in [0.15, 0.2) is 11.5 Å². The highest BCUT2D eigenvalue weighted by atomic mass is 32.1. The Morgan fingerprint density at radius 1 is 0.969 bits per heavy atom. The predicted molar refractivity (Wildman–Crippen MR) is 122 cm³/mol. The number of methoxy groups -OCH3 is 3. The number of hydrogen-bond acceptors (Lipinski definition) is 7. The molecule has 32 heavy (non-hydrogen) atoms. The molecule has 3 rings (SSSR count). The van der Waals surface area contributed by atoms with Gasteiger partial charge < -0.3 is 14.2 Å². The first-order chi connectivity index (χ1) is 15.5. The lowest BCUT2D eigenvalue weighted by molar-refractivity contribution is -0.121. The number of benzene rings is 2. The lowest BCUT2D eigenvalue weighted by Gasteiger charge is -2.14. The number of thiazole rings is 1. The van der Waals surface area contributed by atoms with Gasteiger partial charge in [-0.2, -0.15) is 0 Å². The van der Waals surface area contributed by atoms with Crippen LogP contribution in [0.15, 0.2) is 42.5 Å². The van der Waals surface area contributed by atoms with E-state index in [4.69, 9.17) is 14.2 Å². The molecule has 0 aliphatic rings. The first kappa shape index (κ1) is 23.1. The van der Waals surface area contributed by atoms with E-state index >= 15 is 0 Å². The molecule has 0 unspecified atom stereocenters. The minimum absolute atomic E-state index is 0.163. The van der Waals surface area contributed by atoms with Crippen molar-refractivity contribution < 1.29 is 23.8 Å². The fourth-order valence-electron chi connectivity index (χ4n) is 3.09. The minimum Gasteiger partial charge on any atom is -0.493 e. The Morgan fingerprint density at radius 2 is 1.62 bits per heavy atom. The summed E-state index contributed by atoms with van der Waals surface area (Å²) in [6.45, 7) is 1.77. The number of nitrogens with zero attached hydrogens (tertiary/aromatic N) is 1. The van der Waals surface area contributed by atoms with E-state index in [1.807, 2.05) is 30.3 Å². The van der Waals surface area contributed by atoms with Gasteiger partial charge in [0, 0.05) is 12.0 Å². The molecule has 9 heteroatoms. The zero-order valence-corrected chi connectivity index (χ0v) is 19.2. The van der Waals surface area contributed by atoms with Gasteiger partial charge in [-0.3, -0.25) is 20.4 Å². The molecule has 0 saturated heterocycles. The number of amides is 2. The molecule has 1 heterocycles. The largest absolute Gasteiger partial charge is 0.493 e. The summed E-state index contributed by atoms with van der Waals surface area (Å²) in [7, 11) is 4.60. The van der Waals surface area contributed by atoms with Crippen molar-refractivity contribution in [3.8, 4) is 27.8 Å². The second kappa shape index (κ2) is 10.6. The molecule has 168 valence electrons. The quantitative estimate of drug-likeness (QED) is 0.504. The molecule has 0 saturated carbocycles. The fourth-order valence-corrected chi connectivity index (χ4v) is 4.06. The molecular weight excluding hydrogens is 430 g/mol. The molecule has 3 aromatic rings. The van der Waals surface area contributed by atoms with Crippen molar-refractivity contribution in [3.63, 3.8) is 0 Å². The Labute approximate surface area is 190 Å². The third-order valence-electron chi connectivity index (χ3n) is 4.70. The molecule has 0 bridgehead atoms. The molecule has 1 aromatic heterocycles. The van der Waals surface area contributed by atoms with E-state index in [2.05, 4.69) is 15.8 Å². The number of rotatable bonds is 8. The van der Waals surface area contributed by atoms with Crippen LogP contribution in [-0.2, 0) is 11.2 Å². The number of aryl methyl sites for hydroxylation is 2. The van der Waals surface area contributed by atoms with Crippen LogP contribution in [0.25, 0.3) is 10.6 Å². The molecule has 8 nitrogen and oxygen atoms in total. The molecule has 2 N–H and O–H groups in total. The molecule has 0 atom stereocenters. The SMILES string of the molecule is COc1cc(CCC(=O)NNC(=O)c2sc(-c3ccccc3)nc2C)cc(OC)c1OC. The van der Waals surface area contributed by atoms with Crippen molar-refractivity contribution in [3.05, 3.63) is 58.6 Å². The molecule has 0 aliphatic carbocycles. The zero-order chi connectivity index (χ0) is 23.1. The Bertz CT molecular complexity index is 1070. The number of ether oxygens (including phenoxy) is 3. The second-order valence-corrected chi connectivity index (χ2v) is 7.83. The molecule has 2 aromatic carbocycles. The minimum atomic E-state index is -0.400. The molecule has 0 aliphatic heterocycles. The number of hydrogen-bond donors (Lipinski definition) is 2. The molecule has 0 radical (unpaired) electrons. The van der Waals surface area contributed by atoms with E-state index in [9.17, 15) is 9.59 Å². The average Bonchev–Trinajstić information content (AvgIpc) is 3.22. The van der Waals surface area contributed by atoms with Crippen LogP contribution in [0.1, 0.15) is 27.3 Å². The number of aromatic nitrogens is 1. The summed E-state index contributed by atoms with van der Waals surface area (Å²) in [4.78, 5) is 29.7. The summed E-state index contributed by atoms with van der Waals surface area (Å²) >= 11 is 1.28. The van der Waals surface area contributed by atoms with Crippen molar-refractivity contribution in [1.82, 2.24) is 15.8 Å². The van der Waals surface area contributed by atoms with E-state index in [0.29, 0.717) is 34.2 Å². The van der Waals surface area contributed by atoms with Crippen LogP contribution in [0.3, 0.4) is 0 Å². The normalized spacial score (nSPS) is 10.4. The van der Waals surface area contributed by atoms with Gasteiger partial charge >= 0.3 is 0 Å². The van der Waals surface area contributed by atoms with Crippen LogP contribution in [0.4, 0.5) is 0 Å². The van der Waals surface area contributed by atoms with Gasteiger partial charge in [-0.15, -0.1) is 11.3 Å². The molecular formula is C23H25N3O5S. The van der Waals surface area contributed by atoms with Crippen LogP contribution in [0, 0.1) is 6.92 Å². The Morgan fingerprint density at radius 3 is 2.22 bits per heavy atom. The van der Waals surface area contributed by atoms with Gasteiger partial charge in [-0.1, -0.05) is 30.3 Å². The van der Waals surface area contributed by atoms with Gasteiger partial charge in [-0.25, -0.2) is 4.98 Å². The summed E-state index contributed by atoms with van der Waals surface area (Å²) in [5.74, 6) is 0.807. The van der Waals surface area contributed by atoms with Gasteiger partial charge in [-0.05, 0) is 31.0 Å². The van der Waals surface area contributed by atoms with Crippen molar-refractivity contribution in [2.24, 2.45) is 0 Å².